The number of ether oxygens (including phenoxy) is 1. The molecule has 16 heteroatoms. The quantitative estimate of drug-likeness (QED) is 0.0930. The lowest BCUT2D eigenvalue weighted by Gasteiger charge is -2.31. The number of carbonyl (C=O) groups is 3. The van der Waals surface area contributed by atoms with Crippen molar-refractivity contribution < 1.29 is 32.6 Å². The SMILES string of the molecule is COC1CCN(S(=O)(=O)c2cc(CC(C)C(=O)CCCCCCCCCC(=O)C[C@@H]3N=C(c4ccc(Cl)cc4)c4c(sc(C)c4C)N4C(C)=NNC34)ccc2C2=CC3=C(CC(=O)O)C=NC(C=C2)C3)CC1. The highest BCUT2D eigenvalue weighted by atomic mass is 35.5. The van der Waals surface area contributed by atoms with Crippen LogP contribution in [0.1, 0.15) is 136 Å². The standard InChI is InChI=1S/C55H67ClN6O7S2/c1-34(27-38-15-22-47(50(28-38)71(67,68)61-25-23-46(69-5)24-26-61)40-18-21-44-30-41(29-40)42(33-57-44)31-51(65)66)49(64)14-12-10-8-6-7-9-11-13-45(63)32-48-54-60-59-37(4)62(54)55-52(35(2)36(3)70-55)53(58-48)39-16-19-43(56)20-17-39/h15-22,28-29,33-34,44,46,48,54,60H,6-14,23-27,30-32H2,1-5H3,(H,65,66)/t34?,44?,48-,54?/m0/s1. The second-order valence-electron chi connectivity index (χ2n) is 19.7. The average Bonchev–Trinajstić information content (AvgIpc) is 3.76. The molecule has 378 valence electrons. The van der Waals surface area contributed by atoms with E-state index in [-0.39, 0.29) is 53.2 Å². The summed E-state index contributed by atoms with van der Waals surface area (Å²) >= 11 is 8.01. The second-order valence-corrected chi connectivity index (χ2v) is 23.3. The molecule has 2 bridgehead atoms. The van der Waals surface area contributed by atoms with Gasteiger partial charge in [-0.25, -0.2) is 8.42 Å². The molecule has 0 saturated carbocycles. The van der Waals surface area contributed by atoms with E-state index in [0.29, 0.717) is 79.8 Å². The minimum Gasteiger partial charge on any atom is -0.481 e. The summed E-state index contributed by atoms with van der Waals surface area (Å²) in [5.74, 6) is -0.0254. The molecule has 1 fully saturated rings. The van der Waals surface area contributed by atoms with Crippen LogP contribution in [0.25, 0.3) is 5.57 Å². The number of piperidine rings is 1. The molecule has 3 aromatic rings. The number of hydrogen-bond acceptors (Lipinski definition) is 12. The van der Waals surface area contributed by atoms with Crippen LogP contribution < -0.4 is 10.3 Å². The van der Waals surface area contributed by atoms with E-state index in [1.165, 1.54) is 14.7 Å². The number of hydrazone groups is 1. The Morgan fingerprint density at radius 1 is 0.972 bits per heavy atom. The van der Waals surface area contributed by atoms with Crippen molar-refractivity contribution in [1.29, 1.82) is 0 Å². The first-order valence-electron chi connectivity index (χ1n) is 25.2. The highest BCUT2D eigenvalue weighted by Crippen LogP contribution is 2.42. The van der Waals surface area contributed by atoms with Gasteiger partial charge < -0.3 is 9.84 Å². The third-order valence-electron chi connectivity index (χ3n) is 14.6. The lowest BCUT2D eigenvalue weighted by molar-refractivity contribution is -0.136. The van der Waals surface area contributed by atoms with Crippen molar-refractivity contribution in [2.75, 3.05) is 25.1 Å². The minimum absolute atomic E-state index is 0.00525. The number of sulfonamides is 1. The summed E-state index contributed by atoms with van der Waals surface area (Å²) in [4.78, 5) is 52.2. The number of nitrogens with zero attached hydrogens (tertiary/aromatic N) is 5. The number of carboxylic acids is 1. The van der Waals surface area contributed by atoms with Gasteiger partial charge in [-0.2, -0.15) is 9.41 Å². The summed E-state index contributed by atoms with van der Waals surface area (Å²) in [6.07, 6.45) is 17.0. The van der Waals surface area contributed by atoms with E-state index in [1.54, 1.807) is 30.7 Å². The van der Waals surface area contributed by atoms with Gasteiger partial charge >= 0.3 is 5.97 Å². The van der Waals surface area contributed by atoms with Gasteiger partial charge in [-0.1, -0.05) is 93.1 Å². The highest BCUT2D eigenvalue weighted by molar-refractivity contribution is 7.89. The number of methoxy groups -OCH3 is 1. The number of allylic oxidation sites excluding steroid dienone is 3. The van der Waals surface area contributed by atoms with E-state index in [4.69, 9.17) is 21.3 Å². The lowest BCUT2D eigenvalue weighted by Crippen LogP contribution is -2.47. The zero-order chi connectivity index (χ0) is 50.4. The number of rotatable bonds is 22. The van der Waals surface area contributed by atoms with E-state index in [1.807, 2.05) is 68.5 Å². The van der Waals surface area contributed by atoms with E-state index >= 15 is 0 Å². The number of amidine groups is 1. The van der Waals surface area contributed by atoms with Gasteiger partial charge in [0.1, 0.15) is 28.6 Å². The molecule has 1 saturated heterocycles. The molecule has 1 aromatic heterocycles. The first-order chi connectivity index (χ1) is 34.1. The Bertz CT molecular complexity index is 2800. The molecular formula is C55H67ClN6O7S2. The van der Waals surface area contributed by atoms with Gasteiger partial charge in [0, 0.05) is 78.2 Å². The maximum absolute atomic E-state index is 14.5. The molecule has 0 amide bonds. The number of carboxylic acid groups (broad SMARTS) is 1. The van der Waals surface area contributed by atoms with Gasteiger partial charge in [0.25, 0.3) is 0 Å². The number of fused-ring (bicyclic) bond motifs is 5. The van der Waals surface area contributed by atoms with Gasteiger partial charge in [0.15, 0.2) is 0 Å². The van der Waals surface area contributed by atoms with E-state index in [2.05, 4.69) is 34.3 Å². The summed E-state index contributed by atoms with van der Waals surface area (Å²) in [5.41, 5.74) is 10.9. The number of unbranched alkanes of at least 4 members (excludes halogenated alkanes) is 6. The zero-order valence-electron chi connectivity index (χ0n) is 41.6. The normalized spacial score (nSPS) is 20.6. The van der Waals surface area contributed by atoms with Crippen LogP contribution >= 0.6 is 22.9 Å². The molecule has 2 aromatic carbocycles. The van der Waals surface area contributed by atoms with E-state index in [9.17, 15) is 27.9 Å². The number of aliphatic imine (C=N–C) groups is 2. The van der Waals surface area contributed by atoms with Gasteiger partial charge in [-0.3, -0.25) is 34.7 Å². The summed E-state index contributed by atoms with van der Waals surface area (Å²) in [5, 5.41) is 15.9. The Kier molecular flexibility index (Phi) is 17.1. The number of anilines is 1. The third-order valence-corrected chi connectivity index (χ3v) is 18.0. The largest absolute Gasteiger partial charge is 0.481 e. The van der Waals surface area contributed by atoms with Crippen LogP contribution in [0.2, 0.25) is 5.02 Å². The molecule has 5 heterocycles. The van der Waals surface area contributed by atoms with Crippen molar-refractivity contribution in [2.45, 2.75) is 153 Å². The molecule has 5 aliphatic rings. The molecule has 0 radical (unpaired) electrons. The number of halogens is 1. The van der Waals surface area contributed by atoms with Crippen molar-refractivity contribution in [3.05, 3.63) is 110 Å². The summed E-state index contributed by atoms with van der Waals surface area (Å²) in [6.45, 7) is 8.86. The van der Waals surface area contributed by atoms with Gasteiger partial charge in [0.2, 0.25) is 10.0 Å². The fraction of sp³-hybridized carbons (Fsp3) is 0.491. The zero-order valence-corrected chi connectivity index (χ0v) is 44.0. The second kappa shape index (κ2) is 23.2. The van der Waals surface area contributed by atoms with Crippen molar-refractivity contribution in [1.82, 2.24) is 9.73 Å². The maximum Gasteiger partial charge on any atom is 0.307 e. The molecule has 1 aliphatic carbocycles. The molecule has 2 N–H and O–H groups in total. The van der Waals surface area contributed by atoms with Crippen LogP contribution in [0.3, 0.4) is 0 Å². The first kappa shape index (κ1) is 52.3. The third kappa shape index (κ3) is 12.2. The maximum atomic E-state index is 14.5. The molecular weight excluding hydrogens is 956 g/mol. The van der Waals surface area contributed by atoms with Gasteiger partial charge in [0.05, 0.1) is 35.2 Å². The van der Waals surface area contributed by atoms with Crippen LogP contribution in [0, 0.1) is 19.8 Å². The molecule has 71 heavy (non-hydrogen) atoms. The molecule has 0 spiro atoms. The number of hydrogen-bond donors (Lipinski definition) is 2. The summed E-state index contributed by atoms with van der Waals surface area (Å²) in [7, 11) is -2.29. The Balaban J connectivity index is 0.819. The number of aryl methyl sites for hydroxylation is 1. The first-order valence-corrected chi connectivity index (χ1v) is 27.8. The van der Waals surface area contributed by atoms with Crippen LogP contribution in [0.5, 0.6) is 0 Å². The number of thiophene rings is 1. The van der Waals surface area contributed by atoms with E-state index < -0.39 is 16.0 Å². The predicted octanol–water partition coefficient (Wildman–Crippen LogP) is 10.6. The topological polar surface area (TPSA) is 170 Å². The van der Waals surface area contributed by atoms with Crippen molar-refractivity contribution in [2.24, 2.45) is 21.0 Å². The van der Waals surface area contributed by atoms with Crippen LogP contribution in [-0.4, -0.2) is 97.7 Å². The molecule has 8 rings (SSSR count). The number of aliphatic carboxylic acids is 1. The Hall–Kier alpha value is -5.06. The smallest absolute Gasteiger partial charge is 0.307 e. The van der Waals surface area contributed by atoms with Crippen molar-refractivity contribution in [3.8, 4) is 0 Å². The average molecular weight is 1020 g/mol. The molecule has 13 nitrogen and oxygen atoms in total. The van der Waals surface area contributed by atoms with Gasteiger partial charge in [-0.15, -0.1) is 11.3 Å². The summed E-state index contributed by atoms with van der Waals surface area (Å²) in [6, 6.07) is 12.8. The Labute approximate surface area is 428 Å². The molecule has 4 atom stereocenters. The number of nitrogens with one attached hydrogen (secondary N) is 1. The Morgan fingerprint density at radius 3 is 2.38 bits per heavy atom. The lowest BCUT2D eigenvalue weighted by atomic mass is 9.92. The molecule has 3 unspecified atom stereocenters. The highest BCUT2D eigenvalue weighted by Gasteiger charge is 2.41. The number of benzene rings is 2. The fourth-order valence-corrected chi connectivity index (χ4v) is 13.5. The number of ketones is 2. The number of dihydropyridines is 1. The van der Waals surface area contributed by atoms with Crippen LogP contribution in [0.15, 0.2) is 91.8 Å². The van der Waals surface area contributed by atoms with Gasteiger partial charge in [-0.05, 0) is 105 Å². The molecule has 4 aliphatic heterocycles. The summed E-state index contributed by atoms with van der Waals surface area (Å²) < 4.78 is 36.1. The van der Waals surface area contributed by atoms with E-state index in [0.717, 1.165) is 83.8 Å². The van der Waals surface area contributed by atoms with Crippen LogP contribution in [0.4, 0.5) is 5.00 Å². The van der Waals surface area contributed by atoms with Crippen molar-refractivity contribution in [3.63, 3.8) is 0 Å². The predicted molar refractivity (Wildman–Crippen MR) is 285 cm³/mol. The number of Topliss-reactive ketones (excluding diaryl/α,β-unsaturated/α-hetero) is 2. The monoisotopic (exact) mass is 1020 g/mol. The van der Waals surface area contributed by atoms with Crippen molar-refractivity contribution >= 4 is 78.8 Å². The number of carbonyl (C=O) groups excluding carboxylic acids is 2. The fourth-order valence-electron chi connectivity index (χ4n) is 10.4. The minimum atomic E-state index is -3.94. The van der Waals surface area contributed by atoms with Crippen LogP contribution in [-0.2, 0) is 35.6 Å². The Morgan fingerprint density at radius 2 is 1.68 bits per heavy atom.